The molecule has 45 heavy (non-hydrogen) atoms. The molecule has 2 aromatic carbocycles. The minimum atomic E-state index is 0.812. The van der Waals surface area contributed by atoms with Gasteiger partial charge in [0.1, 0.15) is 11.6 Å². The van der Waals surface area contributed by atoms with Gasteiger partial charge < -0.3 is 10.6 Å². The van der Waals surface area contributed by atoms with Crippen LogP contribution in [0.3, 0.4) is 0 Å². The summed E-state index contributed by atoms with van der Waals surface area (Å²) in [6.07, 6.45) is 1.81. The Bertz CT molecular complexity index is 2010. The van der Waals surface area contributed by atoms with Crippen LogP contribution in [-0.4, -0.2) is 29.7 Å². The number of aryl methyl sites for hydroxylation is 3. The quantitative estimate of drug-likeness (QED) is 0.172. The molecule has 224 valence electrons. The van der Waals surface area contributed by atoms with Crippen LogP contribution in [0.5, 0.6) is 0 Å². The molecule has 5 aromatic heterocycles. The monoisotopic (exact) mass is 692 g/mol. The summed E-state index contributed by atoms with van der Waals surface area (Å²) < 4.78 is 2.94. The van der Waals surface area contributed by atoms with E-state index in [1.165, 1.54) is 0 Å². The SMILES string of the molecule is Cc1cccc(Nc2nc(-c3ccc(-c4ccnn4C)cc3)cs2)n1.Cc1cccc(Nc2nc(-c3ccc(Br)cc3)cs2)n1. The number of rotatable bonds is 7. The summed E-state index contributed by atoms with van der Waals surface area (Å²) in [6.45, 7) is 3.95. The van der Waals surface area contributed by atoms with E-state index in [2.05, 4.69) is 81.2 Å². The first kappa shape index (κ1) is 30.3. The maximum Gasteiger partial charge on any atom is 0.188 e. The topological polar surface area (TPSA) is 93.4 Å². The minimum Gasteiger partial charge on any atom is -0.316 e. The van der Waals surface area contributed by atoms with E-state index in [1.54, 1.807) is 28.9 Å². The average Bonchev–Trinajstić information content (AvgIpc) is 3.80. The van der Waals surface area contributed by atoms with E-state index in [0.717, 1.165) is 71.5 Å². The van der Waals surface area contributed by atoms with E-state index >= 15 is 0 Å². The smallest absolute Gasteiger partial charge is 0.188 e. The molecule has 0 aliphatic heterocycles. The van der Waals surface area contributed by atoms with Gasteiger partial charge in [-0.25, -0.2) is 19.9 Å². The molecular formula is C34H29BrN8S2. The highest BCUT2D eigenvalue weighted by molar-refractivity contribution is 9.10. The van der Waals surface area contributed by atoms with Crippen LogP contribution in [0.15, 0.2) is 112 Å². The molecule has 0 aliphatic carbocycles. The van der Waals surface area contributed by atoms with Gasteiger partial charge in [-0.2, -0.15) is 5.10 Å². The third-order valence-corrected chi connectivity index (χ3v) is 8.74. The van der Waals surface area contributed by atoms with Crippen LogP contribution in [0.2, 0.25) is 0 Å². The molecule has 0 atom stereocenters. The molecule has 0 radical (unpaired) electrons. The fourth-order valence-corrected chi connectivity index (χ4v) is 6.18. The van der Waals surface area contributed by atoms with E-state index < -0.39 is 0 Å². The van der Waals surface area contributed by atoms with E-state index in [4.69, 9.17) is 0 Å². The van der Waals surface area contributed by atoms with Crippen LogP contribution in [-0.2, 0) is 7.05 Å². The second-order valence-corrected chi connectivity index (χ2v) is 12.7. The van der Waals surface area contributed by atoms with Crippen molar-refractivity contribution in [3.05, 3.63) is 124 Å². The molecule has 2 N–H and O–H groups in total. The Hall–Kier alpha value is -4.71. The van der Waals surface area contributed by atoms with Gasteiger partial charge in [-0.15, -0.1) is 22.7 Å². The first-order chi connectivity index (χ1) is 21.9. The normalized spacial score (nSPS) is 10.7. The highest BCUT2D eigenvalue weighted by Gasteiger charge is 2.08. The molecule has 0 saturated heterocycles. The van der Waals surface area contributed by atoms with Crippen LogP contribution in [0, 0.1) is 13.8 Å². The van der Waals surface area contributed by atoms with Crippen molar-refractivity contribution in [2.24, 2.45) is 7.05 Å². The van der Waals surface area contributed by atoms with Crippen molar-refractivity contribution in [3.8, 4) is 33.8 Å². The lowest BCUT2D eigenvalue weighted by Gasteiger charge is -2.04. The summed E-state index contributed by atoms with van der Waals surface area (Å²) >= 11 is 6.58. The van der Waals surface area contributed by atoms with Crippen molar-refractivity contribution in [2.75, 3.05) is 10.6 Å². The van der Waals surface area contributed by atoms with Crippen molar-refractivity contribution in [3.63, 3.8) is 0 Å². The fourth-order valence-electron chi connectivity index (χ4n) is 4.46. The summed E-state index contributed by atoms with van der Waals surface area (Å²) in [5.41, 5.74) is 8.32. The summed E-state index contributed by atoms with van der Waals surface area (Å²) in [4.78, 5) is 18.1. The molecule has 5 heterocycles. The van der Waals surface area contributed by atoms with Crippen molar-refractivity contribution in [1.82, 2.24) is 29.7 Å². The molecule has 0 unspecified atom stereocenters. The Kier molecular flexibility index (Phi) is 9.39. The zero-order chi connectivity index (χ0) is 31.2. The highest BCUT2D eigenvalue weighted by atomic mass is 79.9. The number of pyridine rings is 2. The fraction of sp³-hybridized carbons (Fsp3) is 0.0882. The van der Waals surface area contributed by atoms with Crippen molar-refractivity contribution >= 4 is 60.5 Å². The lowest BCUT2D eigenvalue weighted by atomic mass is 10.1. The van der Waals surface area contributed by atoms with Crippen molar-refractivity contribution in [1.29, 1.82) is 0 Å². The number of aromatic nitrogens is 6. The molecule has 0 aliphatic rings. The molecule has 7 aromatic rings. The number of nitrogens with zero attached hydrogens (tertiary/aromatic N) is 6. The summed E-state index contributed by atoms with van der Waals surface area (Å²) in [5.74, 6) is 1.63. The average molecular weight is 694 g/mol. The first-order valence-corrected chi connectivity index (χ1v) is 16.6. The molecule has 11 heteroatoms. The van der Waals surface area contributed by atoms with E-state index in [1.807, 2.05) is 97.7 Å². The molecule has 0 amide bonds. The zero-order valence-corrected chi connectivity index (χ0v) is 28.0. The molecule has 7 rings (SSSR count). The lowest BCUT2D eigenvalue weighted by molar-refractivity contribution is 0.776. The van der Waals surface area contributed by atoms with E-state index in [9.17, 15) is 0 Å². The van der Waals surface area contributed by atoms with E-state index in [0.29, 0.717) is 0 Å². The Labute approximate surface area is 278 Å². The van der Waals surface area contributed by atoms with Gasteiger partial charge in [-0.1, -0.05) is 64.5 Å². The lowest BCUT2D eigenvalue weighted by Crippen LogP contribution is -1.94. The molecule has 0 saturated carbocycles. The number of nitrogens with one attached hydrogen (secondary N) is 2. The van der Waals surface area contributed by atoms with Crippen LogP contribution >= 0.6 is 38.6 Å². The van der Waals surface area contributed by atoms with Gasteiger partial charge in [0.15, 0.2) is 10.3 Å². The van der Waals surface area contributed by atoms with Gasteiger partial charge in [0.05, 0.1) is 17.1 Å². The number of thiazole rings is 2. The number of benzene rings is 2. The number of halogens is 1. The van der Waals surface area contributed by atoms with Gasteiger partial charge in [0.2, 0.25) is 0 Å². The Morgan fingerprint density at radius 2 is 1.09 bits per heavy atom. The predicted molar refractivity (Wildman–Crippen MR) is 190 cm³/mol. The standard InChI is InChI=1S/C19H17N5S.C15H12BrN3S/c1-13-4-3-5-18(21-13)23-19-22-16(12-25-19)14-6-8-15(9-7-14)17-10-11-20-24(17)2;1-10-3-2-4-14(17-10)19-15-18-13(9-20-15)11-5-7-12(16)8-6-11/h3-12H,1-2H3,(H,21,22,23);2-9H,1H3,(H,17,18,19). The largest absolute Gasteiger partial charge is 0.316 e. The van der Waals surface area contributed by atoms with Gasteiger partial charge in [-0.05, 0) is 61.9 Å². The van der Waals surface area contributed by atoms with Crippen LogP contribution in [0.4, 0.5) is 21.9 Å². The highest BCUT2D eigenvalue weighted by Crippen LogP contribution is 2.29. The zero-order valence-electron chi connectivity index (χ0n) is 24.8. The van der Waals surface area contributed by atoms with Gasteiger partial charge in [-0.3, -0.25) is 4.68 Å². The molecule has 0 bridgehead atoms. The number of anilines is 4. The van der Waals surface area contributed by atoms with Crippen LogP contribution in [0.1, 0.15) is 11.4 Å². The molecule has 0 spiro atoms. The Balaban J connectivity index is 0.000000163. The summed E-state index contributed by atoms with van der Waals surface area (Å²) in [7, 11) is 1.95. The van der Waals surface area contributed by atoms with Crippen molar-refractivity contribution < 1.29 is 0 Å². The number of hydrogen-bond donors (Lipinski definition) is 2. The summed E-state index contributed by atoms with van der Waals surface area (Å²) in [5, 5.41) is 16.5. The second-order valence-electron chi connectivity index (χ2n) is 10.1. The Morgan fingerprint density at radius 1 is 0.600 bits per heavy atom. The van der Waals surface area contributed by atoms with E-state index in [-0.39, 0.29) is 0 Å². The predicted octanol–water partition coefficient (Wildman–Crippen LogP) is 9.68. The van der Waals surface area contributed by atoms with Gasteiger partial charge in [0, 0.05) is 51.0 Å². The van der Waals surface area contributed by atoms with Crippen LogP contribution < -0.4 is 10.6 Å². The first-order valence-electron chi connectivity index (χ1n) is 14.1. The van der Waals surface area contributed by atoms with Gasteiger partial charge in [0.25, 0.3) is 0 Å². The second kappa shape index (κ2) is 13.9. The third kappa shape index (κ3) is 7.88. The minimum absolute atomic E-state index is 0.812. The molecular weight excluding hydrogens is 664 g/mol. The maximum absolute atomic E-state index is 4.67. The Morgan fingerprint density at radius 3 is 1.56 bits per heavy atom. The summed E-state index contributed by atoms with van der Waals surface area (Å²) in [6, 6.07) is 30.3. The van der Waals surface area contributed by atoms with Gasteiger partial charge >= 0.3 is 0 Å². The molecule has 0 fully saturated rings. The third-order valence-electron chi connectivity index (χ3n) is 6.69. The maximum atomic E-state index is 4.67. The molecule has 8 nitrogen and oxygen atoms in total. The van der Waals surface area contributed by atoms with Crippen molar-refractivity contribution in [2.45, 2.75) is 13.8 Å². The number of hydrogen-bond acceptors (Lipinski definition) is 9. The van der Waals surface area contributed by atoms with Crippen LogP contribution in [0.25, 0.3) is 33.8 Å².